The highest BCUT2D eigenvalue weighted by atomic mass is 16.3. The Hall–Kier alpha value is -8.28. The van der Waals surface area contributed by atoms with Crippen LogP contribution in [-0.2, 0) is 0 Å². The molecule has 292 valence electrons. The Morgan fingerprint density at radius 1 is 0.435 bits per heavy atom. The van der Waals surface area contributed by atoms with Crippen molar-refractivity contribution >= 4 is 55.4 Å². The molecule has 1 aliphatic heterocycles. The lowest BCUT2D eigenvalue weighted by atomic mass is 10.0. The zero-order valence-electron chi connectivity index (χ0n) is 33.6. The van der Waals surface area contributed by atoms with Crippen molar-refractivity contribution in [2.45, 2.75) is 6.17 Å². The SMILES string of the molecule is c1ccc(-c2ccc(C3=NC(c4ccc(-c5ccccc5)cc4)NC(c4cccc5oc6c(-n7c8ccccc8c8cc(-c9ccccc9)ccc87)cccc6c45)=N3)cc2)cc1. The maximum Gasteiger partial charge on any atom is 0.159 e. The number of aromatic nitrogens is 1. The second kappa shape index (κ2) is 14.8. The molecule has 62 heavy (non-hydrogen) atoms. The van der Waals surface area contributed by atoms with Crippen molar-refractivity contribution in [1.29, 1.82) is 0 Å². The summed E-state index contributed by atoms with van der Waals surface area (Å²) in [7, 11) is 0. The molecule has 1 unspecified atom stereocenters. The average Bonchev–Trinajstić information content (AvgIpc) is 3.91. The number of hydrogen-bond acceptors (Lipinski definition) is 4. The largest absolute Gasteiger partial charge is 0.454 e. The highest BCUT2D eigenvalue weighted by Crippen LogP contribution is 2.40. The van der Waals surface area contributed by atoms with Gasteiger partial charge in [-0.1, -0.05) is 188 Å². The zero-order chi connectivity index (χ0) is 41.0. The molecule has 2 aromatic heterocycles. The van der Waals surface area contributed by atoms with E-state index in [4.69, 9.17) is 14.4 Å². The third-order valence-electron chi connectivity index (χ3n) is 12.1. The normalized spacial score (nSPS) is 14.0. The standard InChI is InChI=1S/C57H38N4O/c1-4-14-37(15-5-1)40-26-30-42(31-27-40)55-58-56(43-32-28-41(29-33-43)38-16-6-2-7-17-38)60-57(59-55)47-22-13-25-52-53(47)46-21-12-24-51(54(46)62-52)61-49-23-11-10-20-45(49)48-36-44(34-35-50(48)61)39-18-8-3-9-19-39/h1-36,55H,(H,58,59,60). The number of aliphatic imine (C=N–C) groups is 2. The molecule has 0 fully saturated rings. The lowest BCUT2D eigenvalue weighted by Crippen LogP contribution is -2.33. The quantitative estimate of drug-likeness (QED) is 0.175. The van der Waals surface area contributed by atoms with Crippen LogP contribution in [-0.4, -0.2) is 16.2 Å². The molecule has 1 aliphatic rings. The molecular formula is C57H38N4O. The maximum atomic E-state index is 6.93. The summed E-state index contributed by atoms with van der Waals surface area (Å²) in [4.78, 5) is 10.6. The second-order valence-electron chi connectivity index (χ2n) is 15.8. The van der Waals surface area contributed by atoms with Gasteiger partial charge < -0.3 is 14.3 Å². The fourth-order valence-electron chi connectivity index (χ4n) is 9.07. The van der Waals surface area contributed by atoms with Gasteiger partial charge in [-0.05, 0) is 69.3 Å². The summed E-state index contributed by atoms with van der Waals surface area (Å²) >= 11 is 0. The summed E-state index contributed by atoms with van der Waals surface area (Å²) in [6.45, 7) is 0. The highest BCUT2D eigenvalue weighted by Gasteiger charge is 2.25. The topological polar surface area (TPSA) is 54.8 Å². The first-order valence-corrected chi connectivity index (χ1v) is 21.0. The lowest BCUT2D eigenvalue weighted by Gasteiger charge is -2.24. The van der Waals surface area contributed by atoms with E-state index in [0.29, 0.717) is 5.84 Å². The number of hydrogen-bond donors (Lipinski definition) is 1. The van der Waals surface area contributed by atoms with Crippen molar-refractivity contribution in [2.75, 3.05) is 0 Å². The minimum Gasteiger partial charge on any atom is -0.454 e. The molecule has 12 rings (SSSR count). The van der Waals surface area contributed by atoms with Crippen molar-refractivity contribution < 1.29 is 4.42 Å². The molecule has 1 N–H and O–H groups in total. The Bertz CT molecular complexity index is 3510. The predicted molar refractivity (Wildman–Crippen MR) is 256 cm³/mol. The predicted octanol–water partition coefficient (Wildman–Crippen LogP) is 14.2. The fraction of sp³-hybridized carbons (Fsp3) is 0.0175. The number of benzene rings is 9. The van der Waals surface area contributed by atoms with Crippen molar-refractivity contribution in [3.63, 3.8) is 0 Å². The summed E-state index contributed by atoms with van der Waals surface area (Å²) < 4.78 is 9.28. The van der Waals surface area contributed by atoms with Gasteiger partial charge in [0.1, 0.15) is 17.6 Å². The van der Waals surface area contributed by atoms with Crippen LogP contribution in [0.2, 0.25) is 0 Å². The number of amidine groups is 2. The first-order valence-electron chi connectivity index (χ1n) is 21.0. The number of nitrogens with zero attached hydrogens (tertiary/aromatic N) is 3. The second-order valence-corrected chi connectivity index (χ2v) is 15.8. The monoisotopic (exact) mass is 794 g/mol. The number of furan rings is 1. The van der Waals surface area contributed by atoms with Gasteiger partial charge in [-0.25, -0.2) is 9.98 Å². The van der Waals surface area contributed by atoms with Gasteiger partial charge >= 0.3 is 0 Å². The number of fused-ring (bicyclic) bond motifs is 6. The third kappa shape index (κ3) is 6.10. The fourth-order valence-corrected chi connectivity index (χ4v) is 9.07. The van der Waals surface area contributed by atoms with E-state index in [1.807, 2.05) is 12.1 Å². The van der Waals surface area contributed by atoms with E-state index in [1.54, 1.807) is 0 Å². The minimum absolute atomic E-state index is 0.376. The van der Waals surface area contributed by atoms with Crippen molar-refractivity contribution in [2.24, 2.45) is 9.98 Å². The molecule has 0 aliphatic carbocycles. The molecule has 1 atom stereocenters. The molecule has 11 aromatic rings. The van der Waals surface area contributed by atoms with Crippen LogP contribution in [0.25, 0.3) is 82.8 Å². The van der Waals surface area contributed by atoms with Crippen molar-refractivity contribution in [3.05, 3.63) is 235 Å². The van der Waals surface area contributed by atoms with Crippen LogP contribution in [0, 0.1) is 0 Å². The van der Waals surface area contributed by atoms with Gasteiger partial charge in [0.2, 0.25) is 0 Å². The van der Waals surface area contributed by atoms with Crippen LogP contribution >= 0.6 is 0 Å². The van der Waals surface area contributed by atoms with E-state index in [0.717, 1.165) is 72.3 Å². The van der Waals surface area contributed by atoms with E-state index >= 15 is 0 Å². The Balaban J connectivity index is 0.998. The van der Waals surface area contributed by atoms with Crippen molar-refractivity contribution in [1.82, 2.24) is 9.88 Å². The van der Waals surface area contributed by atoms with Crippen LogP contribution in [0.5, 0.6) is 0 Å². The Kier molecular flexibility index (Phi) is 8.49. The third-order valence-corrected chi connectivity index (χ3v) is 12.1. The molecule has 0 radical (unpaired) electrons. The van der Waals surface area contributed by atoms with E-state index in [-0.39, 0.29) is 6.17 Å². The van der Waals surface area contributed by atoms with Crippen LogP contribution in [0.1, 0.15) is 22.9 Å². The lowest BCUT2D eigenvalue weighted by molar-refractivity contribution is 0.665. The van der Waals surface area contributed by atoms with Crippen LogP contribution in [0.3, 0.4) is 0 Å². The minimum atomic E-state index is -0.376. The molecule has 0 amide bonds. The molecule has 0 saturated heterocycles. The average molecular weight is 795 g/mol. The summed E-state index contributed by atoms with van der Waals surface area (Å²) in [5.41, 5.74) is 14.8. The van der Waals surface area contributed by atoms with Gasteiger partial charge in [0.05, 0.1) is 16.7 Å². The molecule has 0 bridgehead atoms. The van der Waals surface area contributed by atoms with E-state index in [2.05, 4.69) is 216 Å². The van der Waals surface area contributed by atoms with E-state index in [9.17, 15) is 0 Å². The van der Waals surface area contributed by atoms with Crippen LogP contribution < -0.4 is 5.32 Å². The summed E-state index contributed by atoms with van der Waals surface area (Å²) in [6.07, 6.45) is -0.376. The van der Waals surface area contributed by atoms with E-state index < -0.39 is 0 Å². The van der Waals surface area contributed by atoms with Crippen LogP contribution in [0.15, 0.2) is 233 Å². The van der Waals surface area contributed by atoms with Gasteiger partial charge in [0.25, 0.3) is 0 Å². The first kappa shape index (κ1) is 35.6. The summed E-state index contributed by atoms with van der Waals surface area (Å²) in [5, 5.41) is 8.17. The van der Waals surface area contributed by atoms with Gasteiger partial charge in [-0.2, -0.15) is 0 Å². The Morgan fingerprint density at radius 3 is 1.69 bits per heavy atom. The number of rotatable bonds is 7. The first-order chi connectivity index (χ1) is 30.7. The van der Waals surface area contributed by atoms with Gasteiger partial charge in [-0.3, -0.25) is 0 Å². The van der Waals surface area contributed by atoms with Crippen molar-refractivity contribution in [3.8, 4) is 39.1 Å². The summed E-state index contributed by atoms with van der Waals surface area (Å²) in [6, 6.07) is 76.8. The van der Waals surface area contributed by atoms with Crippen LogP contribution in [0.4, 0.5) is 0 Å². The highest BCUT2D eigenvalue weighted by molar-refractivity contribution is 6.23. The molecule has 5 nitrogen and oxygen atoms in total. The molecule has 3 heterocycles. The zero-order valence-corrected chi connectivity index (χ0v) is 33.6. The Morgan fingerprint density at radius 2 is 0.984 bits per heavy atom. The maximum absolute atomic E-state index is 6.93. The molecule has 5 heteroatoms. The number of para-hydroxylation sites is 2. The van der Waals surface area contributed by atoms with Gasteiger partial charge in [-0.15, -0.1) is 0 Å². The Labute approximate surface area is 358 Å². The summed E-state index contributed by atoms with van der Waals surface area (Å²) in [5.74, 6) is 1.41. The molecule has 0 saturated carbocycles. The van der Waals surface area contributed by atoms with E-state index in [1.165, 1.54) is 33.0 Å². The smallest absolute Gasteiger partial charge is 0.159 e. The van der Waals surface area contributed by atoms with Gasteiger partial charge in [0, 0.05) is 32.7 Å². The molecule has 0 spiro atoms. The number of nitrogens with one attached hydrogen (secondary N) is 1. The molecule has 9 aromatic carbocycles. The van der Waals surface area contributed by atoms with Gasteiger partial charge in [0.15, 0.2) is 11.4 Å². The molecular weight excluding hydrogens is 757 g/mol.